The summed E-state index contributed by atoms with van der Waals surface area (Å²) in [5.41, 5.74) is 5.17. The summed E-state index contributed by atoms with van der Waals surface area (Å²) < 4.78 is 38.4. The second-order valence-electron chi connectivity index (χ2n) is 8.15. The van der Waals surface area contributed by atoms with E-state index in [0.29, 0.717) is 6.42 Å². The zero-order valence-electron chi connectivity index (χ0n) is 17.4. The summed E-state index contributed by atoms with van der Waals surface area (Å²) in [6, 6.07) is 24.3. The first-order chi connectivity index (χ1) is 15.5. The van der Waals surface area contributed by atoms with Gasteiger partial charge in [-0.05, 0) is 53.9 Å². The highest BCUT2D eigenvalue weighted by atomic mass is 19.4. The number of aromatic amines is 1. The summed E-state index contributed by atoms with van der Waals surface area (Å²) in [5.74, 6) is 0. The number of aromatic nitrogens is 1. The van der Waals surface area contributed by atoms with Crippen LogP contribution in [0.3, 0.4) is 0 Å². The van der Waals surface area contributed by atoms with Crippen LogP contribution in [0.4, 0.5) is 13.2 Å². The van der Waals surface area contributed by atoms with Crippen LogP contribution in [-0.4, -0.2) is 16.4 Å². The van der Waals surface area contributed by atoms with Crippen LogP contribution in [0.5, 0.6) is 0 Å². The third kappa shape index (κ3) is 3.91. The van der Waals surface area contributed by atoms with Gasteiger partial charge in [-0.1, -0.05) is 66.7 Å². The predicted octanol–water partition coefficient (Wildman–Crippen LogP) is 6.89. The van der Waals surface area contributed by atoms with Crippen molar-refractivity contribution in [3.63, 3.8) is 0 Å². The Balaban J connectivity index is 1.43. The largest absolute Gasteiger partial charge is 0.416 e. The third-order valence-corrected chi connectivity index (χ3v) is 6.12. The number of nitrogens with zero attached hydrogens (tertiary/aromatic N) is 1. The van der Waals surface area contributed by atoms with E-state index in [9.17, 15) is 13.2 Å². The molecule has 0 fully saturated rings. The molecule has 3 aromatic carbocycles. The predicted molar refractivity (Wildman–Crippen MR) is 121 cm³/mol. The van der Waals surface area contributed by atoms with E-state index < -0.39 is 11.7 Å². The quantitative estimate of drug-likeness (QED) is 0.372. The fourth-order valence-corrected chi connectivity index (χ4v) is 4.57. The topological polar surface area (TPSA) is 19.0 Å². The first-order valence-corrected chi connectivity index (χ1v) is 10.7. The van der Waals surface area contributed by atoms with Crippen molar-refractivity contribution in [1.29, 1.82) is 0 Å². The van der Waals surface area contributed by atoms with E-state index in [-0.39, 0.29) is 6.04 Å². The van der Waals surface area contributed by atoms with E-state index in [4.69, 9.17) is 0 Å². The molecule has 4 aromatic rings. The number of nitrogens with one attached hydrogen (secondary N) is 1. The van der Waals surface area contributed by atoms with Crippen LogP contribution < -0.4 is 0 Å². The molecule has 5 heteroatoms. The van der Waals surface area contributed by atoms with Crippen molar-refractivity contribution < 1.29 is 13.2 Å². The number of halogens is 3. The number of hydrogen-bond donors (Lipinski definition) is 1. The minimum absolute atomic E-state index is 0.0659. The smallest absolute Gasteiger partial charge is 0.365 e. The van der Waals surface area contributed by atoms with Crippen LogP contribution in [0.15, 0.2) is 91.1 Å². The van der Waals surface area contributed by atoms with Gasteiger partial charge >= 0.3 is 6.18 Å². The van der Waals surface area contributed by atoms with E-state index in [1.54, 1.807) is 12.1 Å². The highest BCUT2D eigenvalue weighted by Gasteiger charge is 2.30. The molecular formula is C27H23F3N2. The lowest BCUT2D eigenvalue weighted by atomic mass is 9.92. The monoisotopic (exact) mass is 432 g/mol. The fourth-order valence-electron chi connectivity index (χ4n) is 4.57. The molecule has 0 amide bonds. The summed E-state index contributed by atoms with van der Waals surface area (Å²) >= 11 is 0. The maximum atomic E-state index is 12.8. The lowest BCUT2D eigenvalue weighted by Gasteiger charge is -2.35. The van der Waals surface area contributed by atoms with Crippen LogP contribution in [0.25, 0.3) is 10.9 Å². The van der Waals surface area contributed by atoms with Gasteiger partial charge in [0.05, 0.1) is 11.6 Å². The summed E-state index contributed by atoms with van der Waals surface area (Å²) in [5, 5.41) is 1.27. The number of rotatable bonds is 4. The van der Waals surface area contributed by atoms with Gasteiger partial charge in [0.25, 0.3) is 0 Å². The van der Waals surface area contributed by atoms with Gasteiger partial charge in [0.15, 0.2) is 0 Å². The average molecular weight is 432 g/mol. The standard InChI is InChI=1S/C27H23F3N2/c28-27(29,30)21-14-12-19(13-15-21)7-6-17-32-18-16-23-22-10-4-5-11-24(22)31-25(23)26(32)20-8-2-1-3-9-20/h1-6,8-15,17,26,31H,7,16,18H2/b17-6+. The molecule has 1 N–H and O–H groups in total. The van der Waals surface area contributed by atoms with Gasteiger partial charge in [-0.2, -0.15) is 13.2 Å². The molecule has 0 saturated carbocycles. The van der Waals surface area contributed by atoms with Gasteiger partial charge in [-0.25, -0.2) is 0 Å². The van der Waals surface area contributed by atoms with Crippen LogP contribution in [0.2, 0.25) is 0 Å². The Hall–Kier alpha value is -3.47. The maximum absolute atomic E-state index is 12.8. The first-order valence-electron chi connectivity index (χ1n) is 10.7. The van der Waals surface area contributed by atoms with Crippen molar-refractivity contribution in [2.24, 2.45) is 0 Å². The number of benzene rings is 3. The molecule has 0 aliphatic carbocycles. The zero-order chi connectivity index (χ0) is 22.1. The van der Waals surface area contributed by atoms with Crippen molar-refractivity contribution >= 4 is 10.9 Å². The van der Waals surface area contributed by atoms with E-state index in [1.165, 1.54) is 22.2 Å². The fraction of sp³-hybridized carbons (Fsp3) is 0.185. The van der Waals surface area contributed by atoms with Crippen LogP contribution in [-0.2, 0) is 19.0 Å². The third-order valence-electron chi connectivity index (χ3n) is 6.12. The highest BCUT2D eigenvalue weighted by Crippen LogP contribution is 2.38. The normalized spacial score (nSPS) is 16.6. The molecule has 2 nitrogen and oxygen atoms in total. The molecule has 1 aromatic heterocycles. The number of fused-ring (bicyclic) bond motifs is 3. The lowest BCUT2D eigenvalue weighted by Crippen LogP contribution is -2.32. The molecule has 2 heterocycles. The van der Waals surface area contributed by atoms with Gasteiger partial charge in [0, 0.05) is 23.1 Å². The molecule has 1 aliphatic heterocycles. The molecule has 32 heavy (non-hydrogen) atoms. The molecule has 162 valence electrons. The van der Waals surface area contributed by atoms with Crippen molar-refractivity contribution in [2.75, 3.05) is 6.54 Å². The Morgan fingerprint density at radius 2 is 1.62 bits per heavy atom. The van der Waals surface area contributed by atoms with Crippen molar-refractivity contribution in [3.05, 3.63) is 119 Å². The Labute approximate surface area is 185 Å². The molecule has 0 bridgehead atoms. The first kappa shape index (κ1) is 20.4. The zero-order valence-corrected chi connectivity index (χ0v) is 17.4. The van der Waals surface area contributed by atoms with Gasteiger partial charge < -0.3 is 9.88 Å². The molecular weight excluding hydrogens is 409 g/mol. The van der Waals surface area contributed by atoms with Crippen molar-refractivity contribution in [3.8, 4) is 0 Å². The number of alkyl halides is 3. The Morgan fingerprint density at radius 1 is 0.906 bits per heavy atom. The Kier molecular flexibility index (Phi) is 5.25. The molecule has 1 unspecified atom stereocenters. The SMILES string of the molecule is FC(F)(F)c1ccc(C/C=C/N2CCc3c([nH]c4ccccc34)C2c2ccccc2)cc1. The number of H-pyrrole nitrogens is 1. The Morgan fingerprint density at radius 3 is 2.38 bits per heavy atom. The molecule has 0 radical (unpaired) electrons. The summed E-state index contributed by atoms with van der Waals surface area (Å²) in [7, 11) is 0. The Bertz CT molecular complexity index is 1240. The van der Waals surface area contributed by atoms with Gasteiger partial charge in [0.2, 0.25) is 0 Å². The average Bonchev–Trinajstić information content (AvgIpc) is 3.18. The summed E-state index contributed by atoms with van der Waals surface area (Å²) in [6.45, 7) is 0.873. The van der Waals surface area contributed by atoms with Crippen LogP contribution >= 0.6 is 0 Å². The minimum atomic E-state index is -4.30. The molecule has 1 aliphatic rings. The number of hydrogen-bond acceptors (Lipinski definition) is 1. The van der Waals surface area contributed by atoms with E-state index in [1.807, 2.05) is 18.2 Å². The van der Waals surface area contributed by atoms with Crippen molar-refractivity contribution in [1.82, 2.24) is 9.88 Å². The molecule has 5 rings (SSSR count). The number of para-hydroxylation sites is 1. The van der Waals surface area contributed by atoms with Gasteiger partial charge in [0.1, 0.15) is 0 Å². The highest BCUT2D eigenvalue weighted by molar-refractivity contribution is 5.85. The maximum Gasteiger partial charge on any atom is 0.416 e. The molecule has 0 spiro atoms. The summed E-state index contributed by atoms with van der Waals surface area (Å²) in [4.78, 5) is 5.96. The minimum Gasteiger partial charge on any atom is -0.365 e. The van der Waals surface area contributed by atoms with E-state index in [2.05, 4.69) is 58.5 Å². The van der Waals surface area contributed by atoms with Gasteiger partial charge in [-0.3, -0.25) is 0 Å². The summed E-state index contributed by atoms with van der Waals surface area (Å²) in [6.07, 6.45) is 1.33. The van der Waals surface area contributed by atoms with Gasteiger partial charge in [-0.15, -0.1) is 0 Å². The van der Waals surface area contributed by atoms with E-state index >= 15 is 0 Å². The van der Waals surface area contributed by atoms with E-state index in [0.717, 1.165) is 36.2 Å². The molecule has 0 saturated heterocycles. The molecule has 1 atom stereocenters. The van der Waals surface area contributed by atoms with Crippen molar-refractivity contribution in [2.45, 2.75) is 25.1 Å². The number of allylic oxidation sites excluding steroid dienone is 1. The lowest BCUT2D eigenvalue weighted by molar-refractivity contribution is -0.137. The second-order valence-corrected chi connectivity index (χ2v) is 8.15. The van der Waals surface area contributed by atoms with Crippen LogP contribution in [0.1, 0.15) is 34.0 Å². The van der Waals surface area contributed by atoms with Crippen LogP contribution in [0, 0.1) is 0 Å². The second kappa shape index (κ2) is 8.23.